The highest BCUT2D eigenvalue weighted by molar-refractivity contribution is 6.31. The van der Waals surface area contributed by atoms with E-state index >= 15 is 0 Å². The summed E-state index contributed by atoms with van der Waals surface area (Å²) in [6, 6.07) is 9.39. The fourth-order valence-electron chi connectivity index (χ4n) is 2.79. The molecule has 1 atom stereocenters. The molecule has 0 radical (unpaired) electrons. The molecule has 0 saturated heterocycles. The number of ether oxygens (including phenoxy) is 2. The average Bonchev–Trinajstić information content (AvgIpc) is 2.57. The second-order valence-corrected chi connectivity index (χ2v) is 7.13. The predicted octanol–water partition coefficient (Wildman–Crippen LogP) is 5.49. The Hall–Kier alpha value is -2.20. The number of halogens is 1. The molecule has 0 bridgehead atoms. The number of aryl methyl sites for hydroxylation is 2. The van der Waals surface area contributed by atoms with Crippen molar-refractivity contribution in [3.63, 3.8) is 0 Å². The molecule has 0 aliphatic heterocycles. The van der Waals surface area contributed by atoms with Crippen molar-refractivity contribution in [3.05, 3.63) is 52.0 Å². The minimum Gasteiger partial charge on any atom is -0.495 e. The van der Waals surface area contributed by atoms with Gasteiger partial charge in [0.15, 0.2) is 6.10 Å². The summed E-state index contributed by atoms with van der Waals surface area (Å²) in [5.41, 5.74) is 3.85. The summed E-state index contributed by atoms with van der Waals surface area (Å²) in [6.45, 7) is 9.95. The smallest absolute Gasteiger partial charge is 0.265 e. The molecular formula is C21H26ClNO3. The van der Waals surface area contributed by atoms with Crippen molar-refractivity contribution in [2.45, 2.75) is 46.6 Å². The van der Waals surface area contributed by atoms with E-state index in [0.29, 0.717) is 28.1 Å². The lowest BCUT2D eigenvalue weighted by Gasteiger charge is -2.18. The molecule has 0 aliphatic carbocycles. The number of carbonyl (C=O) groups excluding carboxylic acids is 1. The summed E-state index contributed by atoms with van der Waals surface area (Å²) >= 11 is 6.10. The number of amides is 1. The van der Waals surface area contributed by atoms with Gasteiger partial charge >= 0.3 is 0 Å². The average molecular weight is 376 g/mol. The van der Waals surface area contributed by atoms with Crippen molar-refractivity contribution in [2.24, 2.45) is 0 Å². The molecule has 5 heteroatoms. The molecule has 2 rings (SSSR count). The summed E-state index contributed by atoms with van der Waals surface area (Å²) in [5.74, 6) is 1.38. The van der Waals surface area contributed by atoms with Crippen LogP contribution in [-0.4, -0.2) is 19.1 Å². The lowest BCUT2D eigenvalue weighted by Crippen LogP contribution is -2.30. The first-order valence-corrected chi connectivity index (χ1v) is 9.03. The zero-order chi connectivity index (χ0) is 19.4. The maximum Gasteiger partial charge on any atom is 0.265 e. The van der Waals surface area contributed by atoms with Crippen LogP contribution in [0.3, 0.4) is 0 Å². The largest absolute Gasteiger partial charge is 0.495 e. The summed E-state index contributed by atoms with van der Waals surface area (Å²) in [6.07, 6.45) is -0.653. The minimum absolute atomic E-state index is 0.254. The maximum atomic E-state index is 12.5. The van der Waals surface area contributed by atoms with E-state index in [-0.39, 0.29) is 5.91 Å². The van der Waals surface area contributed by atoms with E-state index < -0.39 is 6.10 Å². The van der Waals surface area contributed by atoms with E-state index in [4.69, 9.17) is 21.1 Å². The van der Waals surface area contributed by atoms with Crippen molar-refractivity contribution in [1.29, 1.82) is 0 Å². The third kappa shape index (κ3) is 4.70. The van der Waals surface area contributed by atoms with Gasteiger partial charge in [0.2, 0.25) is 0 Å². The van der Waals surface area contributed by atoms with Crippen LogP contribution in [0.15, 0.2) is 30.3 Å². The van der Waals surface area contributed by atoms with Crippen molar-refractivity contribution < 1.29 is 14.3 Å². The molecule has 0 saturated carbocycles. The van der Waals surface area contributed by atoms with Gasteiger partial charge in [-0.15, -0.1) is 0 Å². The summed E-state index contributed by atoms with van der Waals surface area (Å²) in [7, 11) is 1.54. The Morgan fingerprint density at radius 1 is 1.08 bits per heavy atom. The van der Waals surface area contributed by atoms with E-state index in [1.54, 1.807) is 19.1 Å². The van der Waals surface area contributed by atoms with E-state index in [2.05, 4.69) is 19.2 Å². The highest BCUT2D eigenvalue weighted by atomic mass is 35.5. The first kappa shape index (κ1) is 20.1. The molecule has 0 fully saturated rings. The number of carbonyl (C=O) groups is 1. The maximum absolute atomic E-state index is 12.5. The Bertz CT molecular complexity index is 802. The van der Waals surface area contributed by atoms with Crippen LogP contribution in [0.1, 0.15) is 43.4 Å². The van der Waals surface area contributed by atoms with Gasteiger partial charge < -0.3 is 14.8 Å². The van der Waals surface area contributed by atoms with Crippen LogP contribution in [0.2, 0.25) is 5.02 Å². The highest BCUT2D eigenvalue weighted by Gasteiger charge is 2.18. The van der Waals surface area contributed by atoms with Crippen LogP contribution >= 0.6 is 11.6 Å². The third-order valence-corrected chi connectivity index (χ3v) is 4.69. The van der Waals surface area contributed by atoms with Crippen molar-refractivity contribution in [3.8, 4) is 11.5 Å². The number of methoxy groups -OCH3 is 1. The zero-order valence-electron chi connectivity index (χ0n) is 16.1. The Morgan fingerprint density at radius 2 is 1.77 bits per heavy atom. The minimum atomic E-state index is -0.653. The van der Waals surface area contributed by atoms with Gasteiger partial charge in [0.1, 0.15) is 11.5 Å². The van der Waals surface area contributed by atoms with Gasteiger partial charge in [-0.3, -0.25) is 4.79 Å². The molecule has 140 valence electrons. The number of nitrogens with one attached hydrogen (secondary N) is 1. The van der Waals surface area contributed by atoms with Crippen molar-refractivity contribution >= 4 is 23.2 Å². The van der Waals surface area contributed by atoms with Crippen LogP contribution in [-0.2, 0) is 4.79 Å². The summed E-state index contributed by atoms with van der Waals surface area (Å²) < 4.78 is 11.1. The molecule has 2 aromatic rings. The summed E-state index contributed by atoms with van der Waals surface area (Å²) in [4.78, 5) is 12.5. The first-order valence-electron chi connectivity index (χ1n) is 8.65. The molecule has 0 heterocycles. The number of benzene rings is 2. The van der Waals surface area contributed by atoms with Gasteiger partial charge in [-0.1, -0.05) is 31.5 Å². The van der Waals surface area contributed by atoms with E-state index in [0.717, 1.165) is 11.1 Å². The number of anilines is 1. The van der Waals surface area contributed by atoms with Gasteiger partial charge in [0.25, 0.3) is 5.91 Å². The number of hydrogen-bond donors (Lipinski definition) is 1. The van der Waals surface area contributed by atoms with Crippen LogP contribution in [0.5, 0.6) is 11.5 Å². The quantitative estimate of drug-likeness (QED) is 0.725. The SMILES string of the molecule is COc1cc(Cl)c(C)cc1NC(=O)C(C)Oc1ccc(C(C)C)c(C)c1. The lowest BCUT2D eigenvalue weighted by molar-refractivity contribution is -0.122. The standard InChI is InChI=1S/C21H26ClNO3/c1-12(2)17-8-7-16(9-13(17)3)26-15(5)21(24)23-19-10-14(4)18(22)11-20(19)25-6/h7-12,15H,1-6H3,(H,23,24). The van der Waals surface area contributed by atoms with Crippen LogP contribution in [0.4, 0.5) is 5.69 Å². The lowest BCUT2D eigenvalue weighted by atomic mass is 9.98. The van der Waals surface area contributed by atoms with Gasteiger partial charge in [-0.05, 0) is 61.6 Å². The molecular weight excluding hydrogens is 350 g/mol. The molecule has 26 heavy (non-hydrogen) atoms. The second-order valence-electron chi connectivity index (χ2n) is 6.72. The molecule has 4 nitrogen and oxygen atoms in total. The fraction of sp³-hybridized carbons (Fsp3) is 0.381. The van der Waals surface area contributed by atoms with E-state index in [9.17, 15) is 4.79 Å². The topological polar surface area (TPSA) is 47.6 Å². The van der Waals surface area contributed by atoms with Crippen molar-refractivity contribution in [2.75, 3.05) is 12.4 Å². The molecule has 1 amide bonds. The normalized spacial score (nSPS) is 12.0. The van der Waals surface area contributed by atoms with Gasteiger partial charge in [0, 0.05) is 11.1 Å². The predicted molar refractivity (Wildman–Crippen MR) is 107 cm³/mol. The highest BCUT2D eigenvalue weighted by Crippen LogP contribution is 2.31. The van der Waals surface area contributed by atoms with Crippen LogP contribution in [0, 0.1) is 13.8 Å². The Labute approximate surface area is 160 Å². The molecule has 0 aromatic heterocycles. The molecule has 1 unspecified atom stereocenters. The van der Waals surface area contributed by atoms with Gasteiger partial charge in [0.05, 0.1) is 12.8 Å². The zero-order valence-corrected chi connectivity index (χ0v) is 16.9. The number of rotatable bonds is 6. The molecule has 2 aromatic carbocycles. The number of hydrogen-bond acceptors (Lipinski definition) is 3. The first-order chi connectivity index (χ1) is 12.2. The van der Waals surface area contributed by atoms with Gasteiger partial charge in [-0.2, -0.15) is 0 Å². The molecule has 1 N–H and O–H groups in total. The fourth-order valence-corrected chi connectivity index (χ4v) is 2.94. The van der Waals surface area contributed by atoms with Crippen LogP contribution < -0.4 is 14.8 Å². The monoisotopic (exact) mass is 375 g/mol. The molecule has 0 spiro atoms. The third-order valence-electron chi connectivity index (χ3n) is 4.28. The van der Waals surface area contributed by atoms with E-state index in [1.807, 2.05) is 32.0 Å². The Kier molecular flexibility index (Phi) is 6.54. The summed E-state index contributed by atoms with van der Waals surface area (Å²) in [5, 5.41) is 3.43. The second kappa shape index (κ2) is 8.45. The molecule has 0 aliphatic rings. The van der Waals surface area contributed by atoms with Crippen LogP contribution in [0.25, 0.3) is 0 Å². The van der Waals surface area contributed by atoms with Crippen molar-refractivity contribution in [1.82, 2.24) is 0 Å². The van der Waals surface area contributed by atoms with Gasteiger partial charge in [-0.25, -0.2) is 0 Å². The van der Waals surface area contributed by atoms with E-state index in [1.165, 1.54) is 12.7 Å². The Balaban J connectivity index is 2.11. The Morgan fingerprint density at radius 3 is 2.35 bits per heavy atom.